The molecule has 1 aliphatic rings. The summed E-state index contributed by atoms with van der Waals surface area (Å²) in [6.07, 6.45) is 0. The molecule has 3 nitrogen and oxygen atoms in total. The molecule has 1 aliphatic heterocycles. The van der Waals surface area contributed by atoms with E-state index in [1.165, 1.54) is 5.56 Å². The first-order chi connectivity index (χ1) is 10.2. The van der Waals surface area contributed by atoms with Gasteiger partial charge in [-0.1, -0.05) is 68.2 Å². The maximum absolute atomic E-state index is 5.51. The number of likely N-dealkylation sites (N-methyl/N-ethyl adjacent to an activating group) is 1. The predicted molar refractivity (Wildman–Crippen MR) is 96.4 cm³/mol. The fraction of sp³-hybridized carbons (Fsp3) is 0.562. The van der Waals surface area contributed by atoms with Crippen LogP contribution in [0.25, 0.3) is 0 Å². The van der Waals surface area contributed by atoms with Gasteiger partial charge in [-0.05, 0) is 18.7 Å². The summed E-state index contributed by atoms with van der Waals surface area (Å²) < 4.78 is 1.03. The molecule has 1 aromatic carbocycles. The second kappa shape index (κ2) is 8.73. The molecule has 0 radical (unpaired) electrons. The molecule has 0 aliphatic carbocycles. The van der Waals surface area contributed by atoms with Gasteiger partial charge >= 0.3 is 0 Å². The van der Waals surface area contributed by atoms with Gasteiger partial charge in [0.25, 0.3) is 0 Å². The Morgan fingerprint density at radius 2 is 1.90 bits per heavy atom. The molecule has 1 saturated heterocycles. The van der Waals surface area contributed by atoms with Crippen molar-refractivity contribution in [1.82, 2.24) is 14.7 Å². The lowest BCUT2D eigenvalue weighted by atomic mass is 10.2. The minimum atomic E-state index is 0.911. The SMILES string of the molecule is CCN(CC)CCN1CSC(=S)N(Cc2ccccc2)C1. The van der Waals surface area contributed by atoms with Crippen LogP contribution in [0.5, 0.6) is 0 Å². The smallest absolute Gasteiger partial charge is 0.138 e. The van der Waals surface area contributed by atoms with Gasteiger partial charge in [0, 0.05) is 19.6 Å². The first kappa shape index (κ1) is 16.7. The number of nitrogens with zero attached hydrogens (tertiary/aromatic N) is 3. The van der Waals surface area contributed by atoms with Gasteiger partial charge in [-0.25, -0.2) is 0 Å². The van der Waals surface area contributed by atoms with Gasteiger partial charge in [-0.3, -0.25) is 4.90 Å². The summed E-state index contributed by atoms with van der Waals surface area (Å²) >= 11 is 7.30. The third-order valence-corrected chi connectivity index (χ3v) is 5.45. The van der Waals surface area contributed by atoms with Crippen molar-refractivity contribution in [2.45, 2.75) is 20.4 Å². The molecule has 1 fully saturated rings. The number of benzene rings is 1. The summed E-state index contributed by atoms with van der Waals surface area (Å²) in [5.41, 5.74) is 1.33. The Balaban J connectivity index is 1.86. The minimum absolute atomic E-state index is 0.911. The molecule has 116 valence electrons. The van der Waals surface area contributed by atoms with Gasteiger partial charge in [0.2, 0.25) is 0 Å². The Bertz CT molecular complexity index is 434. The Kier molecular flexibility index (Phi) is 6.96. The van der Waals surface area contributed by atoms with E-state index in [1.807, 2.05) is 0 Å². The summed E-state index contributed by atoms with van der Waals surface area (Å²) in [6, 6.07) is 10.6. The number of rotatable bonds is 7. The molecular weight excluding hydrogens is 298 g/mol. The predicted octanol–water partition coefficient (Wildman–Crippen LogP) is 3.08. The Labute approximate surface area is 138 Å². The van der Waals surface area contributed by atoms with Crippen LogP contribution in [-0.2, 0) is 6.54 Å². The molecule has 0 amide bonds. The Hall–Kier alpha value is -0.620. The van der Waals surface area contributed by atoms with Crippen LogP contribution in [0, 0.1) is 0 Å². The summed E-state index contributed by atoms with van der Waals surface area (Å²) in [5, 5.41) is 0. The van der Waals surface area contributed by atoms with Crippen LogP contribution in [0.3, 0.4) is 0 Å². The fourth-order valence-electron chi connectivity index (χ4n) is 2.45. The first-order valence-electron chi connectivity index (χ1n) is 7.63. The van der Waals surface area contributed by atoms with Crippen molar-refractivity contribution in [2.24, 2.45) is 0 Å². The second-order valence-electron chi connectivity index (χ2n) is 5.29. The van der Waals surface area contributed by atoms with Gasteiger partial charge in [0.1, 0.15) is 4.32 Å². The van der Waals surface area contributed by atoms with Crippen molar-refractivity contribution in [3.05, 3.63) is 35.9 Å². The van der Waals surface area contributed by atoms with E-state index < -0.39 is 0 Å². The van der Waals surface area contributed by atoms with Gasteiger partial charge in [-0.15, -0.1) is 0 Å². The highest BCUT2D eigenvalue weighted by atomic mass is 32.2. The zero-order valence-electron chi connectivity index (χ0n) is 13.0. The van der Waals surface area contributed by atoms with Crippen molar-refractivity contribution in [3.8, 4) is 0 Å². The van der Waals surface area contributed by atoms with Crippen LogP contribution >= 0.6 is 24.0 Å². The van der Waals surface area contributed by atoms with Crippen molar-refractivity contribution < 1.29 is 0 Å². The number of hydrogen-bond donors (Lipinski definition) is 0. The number of thiocarbonyl (C=S) groups is 1. The van der Waals surface area contributed by atoms with Crippen molar-refractivity contribution in [2.75, 3.05) is 38.7 Å². The molecule has 0 saturated carbocycles. The standard InChI is InChI=1S/C16H25N3S2/c1-3-17(4-2)10-11-18-13-19(16(20)21-14-18)12-15-8-6-5-7-9-15/h5-9H,3-4,10-14H2,1-2H3. The van der Waals surface area contributed by atoms with Crippen LogP contribution in [0.1, 0.15) is 19.4 Å². The molecule has 21 heavy (non-hydrogen) atoms. The molecule has 0 aromatic heterocycles. The van der Waals surface area contributed by atoms with E-state index in [2.05, 4.69) is 58.9 Å². The molecule has 1 heterocycles. The third kappa shape index (κ3) is 5.25. The summed E-state index contributed by atoms with van der Waals surface area (Å²) in [4.78, 5) is 7.27. The van der Waals surface area contributed by atoms with Gasteiger partial charge in [0.15, 0.2) is 0 Å². The van der Waals surface area contributed by atoms with Crippen LogP contribution in [0.2, 0.25) is 0 Å². The van der Waals surface area contributed by atoms with E-state index in [4.69, 9.17) is 12.2 Å². The lowest BCUT2D eigenvalue weighted by molar-refractivity contribution is 0.178. The first-order valence-corrected chi connectivity index (χ1v) is 9.02. The zero-order chi connectivity index (χ0) is 15.1. The summed E-state index contributed by atoms with van der Waals surface area (Å²) in [7, 11) is 0. The van der Waals surface area contributed by atoms with Gasteiger partial charge in [-0.2, -0.15) is 0 Å². The van der Waals surface area contributed by atoms with E-state index in [9.17, 15) is 0 Å². The van der Waals surface area contributed by atoms with Crippen LogP contribution < -0.4 is 0 Å². The lowest BCUT2D eigenvalue weighted by Crippen LogP contribution is -2.46. The quantitative estimate of drug-likeness (QED) is 0.711. The van der Waals surface area contributed by atoms with Gasteiger partial charge < -0.3 is 9.80 Å². The maximum atomic E-state index is 5.51. The largest absolute Gasteiger partial charge is 0.340 e. The van der Waals surface area contributed by atoms with Crippen molar-refractivity contribution in [3.63, 3.8) is 0 Å². The average molecular weight is 324 g/mol. The second-order valence-corrected chi connectivity index (χ2v) is 6.86. The number of hydrogen-bond acceptors (Lipinski definition) is 4. The molecule has 0 N–H and O–H groups in total. The molecule has 0 atom stereocenters. The lowest BCUT2D eigenvalue weighted by Gasteiger charge is -2.37. The maximum Gasteiger partial charge on any atom is 0.138 e. The molecule has 0 spiro atoms. The highest BCUT2D eigenvalue weighted by Gasteiger charge is 2.21. The van der Waals surface area contributed by atoms with Crippen LogP contribution in [0.4, 0.5) is 0 Å². The Morgan fingerprint density at radius 1 is 1.19 bits per heavy atom. The van der Waals surface area contributed by atoms with Crippen LogP contribution in [0.15, 0.2) is 30.3 Å². The van der Waals surface area contributed by atoms with Gasteiger partial charge in [0.05, 0.1) is 12.5 Å². The Morgan fingerprint density at radius 3 is 2.57 bits per heavy atom. The normalized spacial score (nSPS) is 16.7. The molecule has 2 rings (SSSR count). The third-order valence-electron chi connectivity index (χ3n) is 3.84. The van der Waals surface area contributed by atoms with E-state index in [0.29, 0.717) is 0 Å². The van der Waals surface area contributed by atoms with Crippen molar-refractivity contribution in [1.29, 1.82) is 0 Å². The minimum Gasteiger partial charge on any atom is -0.340 e. The average Bonchev–Trinajstić information content (AvgIpc) is 2.52. The highest BCUT2D eigenvalue weighted by Crippen LogP contribution is 2.20. The van der Waals surface area contributed by atoms with Crippen LogP contribution in [-0.4, -0.2) is 57.7 Å². The monoisotopic (exact) mass is 323 g/mol. The summed E-state index contributed by atoms with van der Waals surface area (Å²) in [6.45, 7) is 10.8. The fourth-order valence-corrected chi connectivity index (χ4v) is 3.54. The molecule has 1 aromatic rings. The molecule has 0 bridgehead atoms. The molecule has 0 unspecified atom stereocenters. The van der Waals surface area contributed by atoms with E-state index in [-0.39, 0.29) is 0 Å². The topological polar surface area (TPSA) is 9.72 Å². The molecule has 5 heteroatoms. The summed E-state index contributed by atoms with van der Waals surface area (Å²) in [5.74, 6) is 1.02. The van der Waals surface area contributed by atoms with E-state index >= 15 is 0 Å². The molecular formula is C16H25N3S2. The highest BCUT2D eigenvalue weighted by molar-refractivity contribution is 8.22. The number of thioether (sulfide) groups is 1. The van der Waals surface area contributed by atoms with Crippen molar-refractivity contribution >= 4 is 28.3 Å². The zero-order valence-corrected chi connectivity index (χ0v) is 14.6. The van der Waals surface area contributed by atoms with E-state index in [0.717, 1.165) is 49.6 Å². The van der Waals surface area contributed by atoms with E-state index in [1.54, 1.807) is 11.8 Å².